The number of nitrogens with one attached hydrogen (secondary N) is 1. The predicted octanol–water partition coefficient (Wildman–Crippen LogP) is 3.50. The summed E-state index contributed by atoms with van der Waals surface area (Å²) in [5, 5.41) is 13.2. The fraction of sp³-hybridized carbons (Fsp3) is 0.188. The van der Waals surface area contributed by atoms with Gasteiger partial charge in [0.25, 0.3) is 5.91 Å². The maximum absolute atomic E-state index is 12.2. The Morgan fingerprint density at radius 2 is 1.95 bits per heavy atom. The van der Waals surface area contributed by atoms with Crippen molar-refractivity contribution in [3.8, 4) is 5.75 Å². The number of carbonyl (C=O) groups is 1. The summed E-state index contributed by atoms with van der Waals surface area (Å²) in [5.74, 6) is 0.286. The van der Waals surface area contributed by atoms with Gasteiger partial charge in [0.1, 0.15) is 11.9 Å². The molecule has 3 rings (SSSR count). The second-order valence-corrected chi connectivity index (χ2v) is 6.42. The number of hydrogen-bond donors (Lipinski definition) is 2. The molecule has 114 valence electrons. The predicted molar refractivity (Wildman–Crippen MR) is 87.7 cm³/mol. The van der Waals surface area contributed by atoms with Gasteiger partial charge in [0.05, 0.1) is 28.0 Å². The van der Waals surface area contributed by atoms with Gasteiger partial charge < -0.3 is 15.2 Å². The van der Waals surface area contributed by atoms with Crippen molar-refractivity contribution in [2.75, 3.05) is 12.4 Å². The summed E-state index contributed by atoms with van der Waals surface area (Å²) >= 11 is 7.61. The number of hydrogen-bond acceptors (Lipinski definition) is 4. The van der Waals surface area contributed by atoms with E-state index in [2.05, 4.69) is 5.32 Å². The van der Waals surface area contributed by atoms with Crippen LogP contribution in [0, 0.1) is 0 Å². The average Bonchev–Trinajstić information content (AvgIpc) is 2.66. The van der Waals surface area contributed by atoms with Crippen molar-refractivity contribution >= 4 is 35.0 Å². The lowest BCUT2D eigenvalue weighted by atomic mass is 10.1. The molecule has 4 nitrogen and oxygen atoms in total. The van der Waals surface area contributed by atoms with Crippen LogP contribution in [0.5, 0.6) is 5.75 Å². The van der Waals surface area contributed by atoms with Crippen LogP contribution < -0.4 is 10.1 Å². The number of ether oxygens (including phenoxy) is 1. The van der Waals surface area contributed by atoms with E-state index in [1.165, 1.54) is 11.8 Å². The van der Waals surface area contributed by atoms with Gasteiger partial charge in [0.2, 0.25) is 0 Å². The van der Waals surface area contributed by atoms with E-state index in [-0.39, 0.29) is 0 Å². The molecule has 0 radical (unpaired) electrons. The van der Waals surface area contributed by atoms with Crippen LogP contribution in [0.1, 0.15) is 10.8 Å². The van der Waals surface area contributed by atoms with Crippen LogP contribution in [-0.2, 0) is 4.79 Å². The Morgan fingerprint density at radius 3 is 2.64 bits per heavy atom. The fourth-order valence-electron chi connectivity index (χ4n) is 2.31. The number of amides is 1. The molecule has 2 aromatic rings. The minimum atomic E-state index is -1.16. The van der Waals surface area contributed by atoms with E-state index in [1.807, 2.05) is 12.1 Å². The summed E-state index contributed by atoms with van der Waals surface area (Å²) in [4.78, 5) is 12.9. The lowest BCUT2D eigenvalue weighted by Crippen LogP contribution is -2.30. The van der Waals surface area contributed by atoms with Gasteiger partial charge in [0, 0.05) is 0 Å². The molecule has 0 spiro atoms. The normalized spacial score (nSPS) is 20.8. The van der Waals surface area contributed by atoms with Crippen molar-refractivity contribution in [1.29, 1.82) is 0 Å². The largest absolute Gasteiger partial charge is 0.497 e. The maximum Gasteiger partial charge on any atom is 0.254 e. The summed E-state index contributed by atoms with van der Waals surface area (Å²) in [6.45, 7) is 0. The molecule has 1 heterocycles. The number of thioether (sulfide) groups is 1. The number of aliphatic hydroxyl groups is 1. The Balaban J connectivity index is 2.02. The second kappa shape index (κ2) is 6.20. The lowest BCUT2D eigenvalue weighted by molar-refractivity contribution is -0.124. The second-order valence-electron chi connectivity index (χ2n) is 4.86. The van der Waals surface area contributed by atoms with Gasteiger partial charge in [0.15, 0.2) is 0 Å². The first kappa shape index (κ1) is 15.2. The standard InChI is InChI=1S/C16H14ClNO3S/c1-21-10-7-5-9(6-8-10)14-13(19)16(20)18-12-4-2-3-11(17)15(12)22-14/h2-8,13-14,19H,1H3,(H,18,20)/t13-,14+/m0/s1. The first-order valence-corrected chi connectivity index (χ1v) is 7.94. The highest BCUT2D eigenvalue weighted by atomic mass is 35.5. The van der Waals surface area contributed by atoms with Crippen molar-refractivity contribution in [2.24, 2.45) is 0 Å². The van der Waals surface area contributed by atoms with Gasteiger partial charge in [-0.25, -0.2) is 0 Å². The van der Waals surface area contributed by atoms with E-state index >= 15 is 0 Å². The first-order valence-electron chi connectivity index (χ1n) is 6.68. The first-order chi connectivity index (χ1) is 10.6. The molecule has 2 N–H and O–H groups in total. The molecular weight excluding hydrogens is 322 g/mol. The van der Waals surface area contributed by atoms with Crippen molar-refractivity contribution in [3.63, 3.8) is 0 Å². The van der Waals surface area contributed by atoms with E-state index in [9.17, 15) is 9.90 Å². The van der Waals surface area contributed by atoms with E-state index < -0.39 is 17.3 Å². The number of anilines is 1. The van der Waals surface area contributed by atoms with Crippen LogP contribution >= 0.6 is 23.4 Å². The minimum absolute atomic E-state index is 0.436. The monoisotopic (exact) mass is 335 g/mol. The van der Waals surface area contributed by atoms with Gasteiger partial charge in [-0.05, 0) is 29.8 Å². The fourth-order valence-corrected chi connectivity index (χ4v) is 3.84. The van der Waals surface area contributed by atoms with Crippen LogP contribution in [0.2, 0.25) is 5.02 Å². The van der Waals surface area contributed by atoms with Gasteiger partial charge >= 0.3 is 0 Å². The molecule has 0 fully saturated rings. The average molecular weight is 336 g/mol. The maximum atomic E-state index is 12.2. The number of methoxy groups -OCH3 is 1. The molecule has 1 aliphatic rings. The molecule has 0 bridgehead atoms. The van der Waals surface area contributed by atoms with Gasteiger partial charge in [-0.3, -0.25) is 4.79 Å². The molecule has 0 saturated heterocycles. The SMILES string of the molecule is COc1ccc([C@H]2Sc3c(Cl)cccc3NC(=O)[C@H]2O)cc1. The van der Waals surface area contributed by atoms with Gasteiger partial charge in [-0.15, -0.1) is 11.8 Å². The zero-order valence-electron chi connectivity index (χ0n) is 11.7. The summed E-state index contributed by atoms with van der Waals surface area (Å²) in [6.07, 6.45) is -1.16. The number of carbonyl (C=O) groups excluding carboxylic acids is 1. The third-order valence-electron chi connectivity index (χ3n) is 3.47. The summed E-state index contributed by atoms with van der Waals surface area (Å²) < 4.78 is 5.13. The van der Waals surface area contributed by atoms with Crippen LogP contribution in [0.25, 0.3) is 0 Å². The molecule has 6 heteroatoms. The highest BCUT2D eigenvalue weighted by Crippen LogP contribution is 2.46. The quantitative estimate of drug-likeness (QED) is 0.882. The molecule has 0 aliphatic carbocycles. The van der Waals surface area contributed by atoms with Crippen LogP contribution in [0.15, 0.2) is 47.4 Å². The molecule has 1 amide bonds. The smallest absolute Gasteiger partial charge is 0.254 e. The number of rotatable bonds is 2. The third kappa shape index (κ3) is 2.79. The van der Waals surface area contributed by atoms with Crippen molar-refractivity contribution < 1.29 is 14.6 Å². The van der Waals surface area contributed by atoms with Crippen molar-refractivity contribution in [2.45, 2.75) is 16.2 Å². The topological polar surface area (TPSA) is 58.6 Å². The van der Waals surface area contributed by atoms with Crippen molar-refractivity contribution in [1.82, 2.24) is 0 Å². The summed E-state index contributed by atoms with van der Waals surface area (Å²) in [6, 6.07) is 12.6. The number of halogens is 1. The van der Waals surface area contributed by atoms with E-state index in [0.29, 0.717) is 10.7 Å². The molecular formula is C16H14ClNO3S. The van der Waals surface area contributed by atoms with Gasteiger partial charge in [-0.1, -0.05) is 29.8 Å². The Labute approximate surface area is 137 Å². The molecule has 0 aromatic heterocycles. The number of fused-ring (bicyclic) bond motifs is 1. The zero-order chi connectivity index (χ0) is 15.7. The third-order valence-corrected chi connectivity index (χ3v) is 5.36. The van der Waals surface area contributed by atoms with Crippen LogP contribution in [0.4, 0.5) is 5.69 Å². The Morgan fingerprint density at radius 1 is 1.23 bits per heavy atom. The Bertz CT molecular complexity index is 705. The molecule has 22 heavy (non-hydrogen) atoms. The molecule has 2 atom stereocenters. The summed E-state index contributed by atoms with van der Waals surface area (Å²) in [5.41, 5.74) is 1.46. The molecule has 2 aromatic carbocycles. The van der Waals surface area contributed by atoms with E-state index in [0.717, 1.165) is 16.2 Å². The highest BCUT2D eigenvalue weighted by molar-refractivity contribution is 8.00. The number of benzene rings is 2. The van der Waals surface area contributed by atoms with E-state index in [4.69, 9.17) is 16.3 Å². The Kier molecular flexibility index (Phi) is 4.29. The van der Waals surface area contributed by atoms with Gasteiger partial charge in [-0.2, -0.15) is 0 Å². The number of aliphatic hydroxyl groups excluding tert-OH is 1. The summed E-state index contributed by atoms with van der Waals surface area (Å²) in [7, 11) is 1.59. The molecule has 0 unspecified atom stereocenters. The van der Waals surface area contributed by atoms with Crippen LogP contribution in [-0.4, -0.2) is 24.2 Å². The zero-order valence-corrected chi connectivity index (χ0v) is 13.3. The Hall–Kier alpha value is -1.69. The van der Waals surface area contributed by atoms with Crippen molar-refractivity contribution in [3.05, 3.63) is 53.1 Å². The minimum Gasteiger partial charge on any atom is -0.497 e. The molecule has 1 aliphatic heterocycles. The molecule has 0 saturated carbocycles. The van der Waals surface area contributed by atoms with Crippen LogP contribution in [0.3, 0.4) is 0 Å². The highest BCUT2D eigenvalue weighted by Gasteiger charge is 2.33. The van der Waals surface area contributed by atoms with E-state index in [1.54, 1.807) is 37.4 Å². The lowest BCUT2D eigenvalue weighted by Gasteiger charge is -2.19.